The smallest absolute Gasteiger partial charge is 0.108 e. The lowest BCUT2D eigenvalue weighted by atomic mass is 9.96. The number of halogens is 1. The predicted octanol–water partition coefficient (Wildman–Crippen LogP) is 3.68. The second-order valence-corrected chi connectivity index (χ2v) is 5.38. The SMILES string of the molecule is Cc1ccc2c(c1N)C=CN(c1ccc(Cl)cc1)C2N. The molecular weight excluding hydrogens is 270 g/mol. The summed E-state index contributed by atoms with van der Waals surface area (Å²) in [7, 11) is 0. The Hall–Kier alpha value is -1.97. The van der Waals surface area contributed by atoms with E-state index in [-0.39, 0.29) is 6.17 Å². The third-order valence-corrected chi connectivity index (χ3v) is 3.94. The van der Waals surface area contributed by atoms with Gasteiger partial charge in [0.25, 0.3) is 0 Å². The molecule has 0 saturated heterocycles. The Morgan fingerprint density at radius 2 is 1.80 bits per heavy atom. The van der Waals surface area contributed by atoms with E-state index in [0.717, 1.165) is 28.1 Å². The number of rotatable bonds is 1. The Morgan fingerprint density at radius 3 is 2.50 bits per heavy atom. The van der Waals surface area contributed by atoms with Gasteiger partial charge in [0.2, 0.25) is 0 Å². The molecule has 0 aromatic heterocycles. The van der Waals surface area contributed by atoms with E-state index >= 15 is 0 Å². The molecule has 1 atom stereocenters. The zero-order valence-electron chi connectivity index (χ0n) is 11.2. The molecule has 0 amide bonds. The van der Waals surface area contributed by atoms with Crippen molar-refractivity contribution in [2.45, 2.75) is 13.1 Å². The molecule has 1 unspecified atom stereocenters. The van der Waals surface area contributed by atoms with E-state index in [2.05, 4.69) is 0 Å². The van der Waals surface area contributed by atoms with Gasteiger partial charge in [0.15, 0.2) is 0 Å². The van der Waals surface area contributed by atoms with Crippen LogP contribution in [0.4, 0.5) is 11.4 Å². The first-order valence-corrected chi connectivity index (χ1v) is 6.82. The third-order valence-electron chi connectivity index (χ3n) is 3.68. The fourth-order valence-corrected chi connectivity index (χ4v) is 2.59. The van der Waals surface area contributed by atoms with Crippen molar-refractivity contribution in [3.8, 4) is 0 Å². The van der Waals surface area contributed by atoms with Gasteiger partial charge in [0, 0.05) is 28.2 Å². The van der Waals surface area contributed by atoms with Gasteiger partial charge in [-0.05, 0) is 48.4 Å². The maximum atomic E-state index is 6.37. The molecule has 0 radical (unpaired) electrons. The molecule has 1 heterocycles. The van der Waals surface area contributed by atoms with Gasteiger partial charge in [-0.2, -0.15) is 0 Å². The first kappa shape index (κ1) is 13.0. The molecule has 3 rings (SSSR count). The highest BCUT2D eigenvalue weighted by atomic mass is 35.5. The summed E-state index contributed by atoms with van der Waals surface area (Å²) in [6.07, 6.45) is 3.72. The van der Waals surface area contributed by atoms with Crippen LogP contribution in [0.3, 0.4) is 0 Å². The van der Waals surface area contributed by atoms with Crippen LogP contribution in [0.2, 0.25) is 5.02 Å². The van der Waals surface area contributed by atoms with Crippen LogP contribution in [-0.4, -0.2) is 0 Å². The van der Waals surface area contributed by atoms with E-state index < -0.39 is 0 Å². The first-order chi connectivity index (χ1) is 9.58. The molecule has 2 aromatic rings. The fraction of sp³-hybridized carbons (Fsp3) is 0.125. The zero-order valence-corrected chi connectivity index (χ0v) is 11.9. The Labute approximate surface area is 123 Å². The molecule has 0 bridgehead atoms. The van der Waals surface area contributed by atoms with Crippen LogP contribution in [0.5, 0.6) is 0 Å². The van der Waals surface area contributed by atoms with E-state index in [1.54, 1.807) is 0 Å². The summed E-state index contributed by atoms with van der Waals surface area (Å²) in [4.78, 5) is 2.01. The minimum Gasteiger partial charge on any atom is -0.398 e. The summed E-state index contributed by atoms with van der Waals surface area (Å²) in [5.41, 5.74) is 17.4. The van der Waals surface area contributed by atoms with Crippen LogP contribution in [-0.2, 0) is 0 Å². The van der Waals surface area contributed by atoms with Crippen LogP contribution in [0.15, 0.2) is 42.6 Å². The summed E-state index contributed by atoms with van der Waals surface area (Å²) < 4.78 is 0. The Morgan fingerprint density at radius 1 is 1.10 bits per heavy atom. The van der Waals surface area contributed by atoms with Gasteiger partial charge < -0.3 is 16.4 Å². The van der Waals surface area contributed by atoms with Gasteiger partial charge in [-0.1, -0.05) is 23.7 Å². The average Bonchev–Trinajstić information content (AvgIpc) is 2.45. The molecule has 0 aliphatic carbocycles. The van der Waals surface area contributed by atoms with E-state index in [1.807, 2.05) is 60.5 Å². The normalized spacial score (nSPS) is 17.1. The quantitative estimate of drug-likeness (QED) is 0.786. The van der Waals surface area contributed by atoms with Crippen molar-refractivity contribution in [2.75, 3.05) is 10.6 Å². The molecule has 0 saturated carbocycles. The van der Waals surface area contributed by atoms with E-state index in [4.69, 9.17) is 23.1 Å². The predicted molar refractivity (Wildman–Crippen MR) is 85.5 cm³/mol. The van der Waals surface area contributed by atoms with Gasteiger partial charge in [0.1, 0.15) is 6.17 Å². The van der Waals surface area contributed by atoms with Crippen molar-refractivity contribution in [1.82, 2.24) is 0 Å². The molecule has 2 aromatic carbocycles. The monoisotopic (exact) mass is 285 g/mol. The zero-order chi connectivity index (χ0) is 14.3. The summed E-state index contributed by atoms with van der Waals surface area (Å²) in [5.74, 6) is 0. The summed E-state index contributed by atoms with van der Waals surface area (Å²) >= 11 is 5.92. The Kier molecular flexibility index (Phi) is 3.16. The van der Waals surface area contributed by atoms with Crippen LogP contribution in [0, 0.1) is 6.92 Å². The van der Waals surface area contributed by atoms with Crippen LogP contribution in [0.25, 0.3) is 6.08 Å². The number of hydrogen-bond acceptors (Lipinski definition) is 3. The lowest BCUT2D eigenvalue weighted by Gasteiger charge is -2.33. The minimum absolute atomic E-state index is 0.251. The largest absolute Gasteiger partial charge is 0.398 e. The van der Waals surface area contributed by atoms with Crippen LogP contribution < -0.4 is 16.4 Å². The summed E-state index contributed by atoms with van der Waals surface area (Å²) in [6.45, 7) is 2.00. The average molecular weight is 286 g/mol. The van der Waals surface area contributed by atoms with Crippen LogP contribution >= 0.6 is 11.6 Å². The number of anilines is 2. The van der Waals surface area contributed by atoms with Crippen molar-refractivity contribution in [3.05, 3.63) is 64.3 Å². The highest BCUT2D eigenvalue weighted by Crippen LogP contribution is 2.35. The summed E-state index contributed by atoms with van der Waals surface area (Å²) in [5, 5.41) is 0.712. The Bertz CT molecular complexity index is 677. The van der Waals surface area contributed by atoms with Crippen molar-refractivity contribution in [3.63, 3.8) is 0 Å². The van der Waals surface area contributed by atoms with Crippen LogP contribution in [0.1, 0.15) is 22.9 Å². The maximum absolute atomic E-state index is 6.37. The number of nitrogen functional groups attached to an aromatic ring is 1. The van der Waals surface area contributed by atoms with Gasteiger partial charge >= 0.3 is 0 Å². The minimum atomic E-state index is -0.251. The second kappa shape index (κ2) is 4.85. The van der Waals surface area contributed by atoms with Gasteiger partial charge in [-0.25, -0.2) is 0 Å². The molecule has 20 heavy (non-hydrogen) atoms. The number of aryl methyl sites for hydroxylation is 1. The number of fused-ring (bicyclic) bond motifs is 1. The van der Waals surface area contributed by atoms with Crippen molar-refractivity contribution in [2.24, 2.45) is 5.73 Å². The molecular formula is C16H16ClN3. The fourth-order valence-electron chi connectivity index (χ4n) is 2.46. The van der Waals surface area contributed by atoms with E-state index in [1.165, 1.54) is 0 Å². The second-order valence-electron chi connectivity index (χ2n) is 4.94. The standard InChI is InChI=1S/C16H16ClN3/c1-10-2-7-14-13(15(10)18)8-9-20(16(14)19)12-5-3-11(17)4-6-12/h2-9,16H,18-19H2,1H3. The van der Waals surface area contributed by atoms with Crippen molar-refractivity contribution < 1.29 is 0 Å². The molecule has 0 spiro atoms. The molecule has 4 heteroatoms. The maximum Gasteiger partial charge on any atom is 0.108 e. The number of nitrogens with zero attached hydrogens (tertiary/aromatic N) is 1. The Balaban J connectivity index is 2.04. The highest BCUT2D eigenvalue weighted by molar-refractivity contribution is 6.30. The lowest BCUT2D eigenvalue weighted by molar-refractivity contribution is 0.723. The van der Waals surface area contributed by atoms with E-state index in [0.29, 0.717) is 5.02 Å². The molecule has 1 aliphatic rings. The number of hydrogen-bond donors (Lipinski definition) is 2. The molecule has 4 N–H and O–H groups in total. The molecule has 1 aliphatic heterocycles. The third kappa shape index (κ3) is 2.05. The van der Waals surface area contributed by atoms with Gasteiger partial charge in [-0.3, -0.25) is 0 Å². The van der Waals surface area contributed by atoms with Crippen molar-refractivity contribution in [1.29, 1.82) is 0 Å². The molecule has 102 valence electrons. The van der Waals surface area contributed by atoms with Gasteiger partial charge in [0.05, 0.1) is 0 Å². The number of benzene rings is 2. The summed E-state index contributed by atoms with van der Waals surface area (Å²) in [6, 6.07) is 11.7. The lowest BCUT2D eigenvalue weighted by Crippen LogP contribution is -2.33. The highest BCUT2D eigenvalue weighted by Gasteiger charge is 2.22. The number of nitrogens with two attached hydrogens (primary N) is 2. The van der Waals surface area contributed by atoms with Gasteiger partial charge in [-0.15, -0.1) is 0 Å². The molecule has 3 nitrogen and oxygen atoms in total. The molecule has 0 fully saturated rings. The van der Waals surface area contributed by atoms with E-state index in [9.17, 15) is 0 Å². The first-order valence-electron chi connectivity index (χ1n) is 6.44. The van der Waals surface area contributed by atoms with Crippen molar-refractivity contribution >= 4 is 29.1 Å². The topological polar surface area (TPSA) is 55.3 Å².